The third-order valence-corrected chi connectivity index (χ3v) is 3.97. The Morgan fingerprint density at radius 3 is 2.29 bits per heavy atom. The molecule has 3 aromatic rings. The molecule has 0 unspecified atom stereocenters. The lowest BCUT2D eigenvalue weighted by atomic mass is 10.0. The normalized spacial score (nSPS) is 10.2. The minimum Gasteiger partial charge on any atom is -0.497 e. The van der Waals surface area contributed by atoms with Gasteiger partial charge in [0.05, 0.1) is 14.2 Å². The first-order chi connectivity index (χ1) is 11.8. The van der Waals surface area contributed by atoms with Gasteiger partial charge in [-0.3, -0.25) is 0 Å². The van der Waals surface area contributed by atoms with Gasteiger partial charge in [0.25, 0.3) is 0 Å². The van der Waals surface area contributed by atoms with E-state index in [1.807, 2.05) is 48.5 Å². The lowest BCUT2D eigenvalue weighted by Gasteiger charge is -2.15. The Kier molecular flexibility index (Phi) is 5.02. The fourth-order valence-corrected chi connectivity index (χ4v) is 2.71. The Bertz CT molecular complexity index is 800. The standard InChI is InChI=1S/C21H21NO2/c1-23-18-12-13-19(16-8-4-3-5-9-16)20(14-18)22-15-17-10-6-7-11-21(17)24-2/h3-14,22H,15H2,1-2H3. The van der Waals surface area contributed by atoms with Gasteiger partial charge in [-0.25, -0.2) is 0 Å². The van der Waals surface area contributed by atoms with Crippen molar-refractivity contribution in [3.05, 3.63) is 78.4 Å². The molecule has 0 bridgehead atoms. The van der Waals surface area contributed by atoms with Crippen molar-refractivity contribution in [2.45, 2.75) is 6.54 Å². The van der Waals surface area contributed by atoms with E-state index in [-0.39, 0.29) is 0 Å². The Labute approximate surface area is 142 Å². The van der Waals surface area contributed by atoms with Crippen LogP contribution in [0.4, 0.5) is 5.69 Å². The van der Waals surface area contributed by atoms with Crippen molar-refractivity contribution in [2.75, 3.05) is 19.5 Å². The van der Waals surface area contributed by atoms with Crippen molar-refractivity contribution >= 4 is 5.69 Å². The van der Waals surface area contributed by atoms with Crippen molar-refractivity contribution in [1.29, 1.82) is 0 Å². The number of para-hydroxylation sites is 1. The number of hydrogen-bond acceptors (Lipinski definition) is 3. The number of nitrogens with one attached hydrogen (secondary N) is 1. The average molecular weight is 319 g/mol. The maximum Gasteiger partial charge on any atom is 0.123 e. The molecule has 0 fully saturated rings. The van der Waals surface area contributed by atoms with Gasteiger partial charge >= 0.3 is 0 Å². The molecule has 0 aliphatic heterocycles. The third kappa shape index (κ3) is 3.51. The van der Waals surface area contributed by atoms with Gasteiger partial charge in [-0.05, 0) is 23.8 Å². The van der Waals surface area contributed by atoms with E-state index in [1.165, 1.54) is 5.56 Å². The van der Waals surface area contributed by atoms with Gasteiger partial charge in [0, 0.05) is 29.4 Å². The maximum absolute atomic E-state index is 5.43. The van der Waals surface area contributed by atoms with Crippen molar-refractivity contribution in [2.24, 2.45) is 0 Å². The van der Waals surface area contributed by atoms with E-state index < -0.39 is 0 Å². The van der Waals surface area contributed by atoms with Crippen LogP contribution in [0.2, 0.25) is 0 Å². The highest BCUT2D eigenvalue weighted by atomic mass is 16.5. The van der Waals surface area contributed by atoms with E-state index in [4.69, 9.17) is 9.47 Å². The van der Waals surface area contributed by atoms with Crippen LogP contribution >= 0.6 is 0 Å². The van der Waals surface area contributed by atoms with Gasteiger partial charge in [0.2, 0.25) is 0 Å². The number of rotatable bonds is 6. The van der Waals surface area contributed by atoms with Crippen LogP contribution in [0, 0.1) is 0 Å². The van der Waals surface area contributed by atoms with Crippen LogP contribution in [0.25, 0.3) is 11.1 Å². The van der Waals surface area contributed by atoms with Crippen LogP contribution in [0.1, 0.15) is 5.56 Å². The molecule has 0 amide bonds. The van der Waals surface area contributed by atoms with Crippen LogP contribution in [-0.4, -0.2) is 14.2 Å². The van der Waals surface area contributed by atoms with Gasteiger partial charge < -0.3 is 14.8 Å². The molecule has 3 rings (SSSR count). The summed E-state index contributed by atoms with van der Waals surface area (Å²) in [4.78, 5) is 0. The summed E-state index contributed by atoms with van der Waals surface area (Å²) in [6.07, 6.45) is 0. The predicted octanol–water partition coefficient (Wildman–Crippen LogP) is 4.98. The fourth-order valence-electron chi connectivity index (χ4n) is 2.71. The van der Waals surface area contributed by atoms with Gasteiger partial charge in [0.1, 0.15) is 11.5 Å². The van der Waals surface area contributed by atoms with Gasteiger partial charge in [-0.2, -0.15) is 0 Å². The second-order valence-corrected chi connectivity index (χ2v) is 5.44. The molecular formula is C21H21NO2. The second-order valence-electron chi connectivity index (χ2n) is 5.44. The lowest BCUT2D eigenvalue weighted by molar-refractivity contribution is 0.410. The molecule has 3 aromatic carbocycles. The van der Waals surface area contributed by atoms with Crippen LogP contribution in [-0.2, 0) is 6.54 Å². The Balaban J connectivity index is 1.91. The summed E-state index contributed by atoms with van der Waals surface area (Å²) in [6.45, 7) is 0.678. The van der Waals surface area contributed by atoms with E-state index in [0.717, 1.165) is 28.3 Å². The van der Waals surface area contributed by atoms with E-state index in [1.54, 1.807) is 14.2 Å². The SMILES string of the molecule is COc1ccc(-c2ccccc2)c(NCc2ccccc2OC)c1. The van der Waals surface area contributed by atoms with E-state index in [2.05, 4.69) is 29.6 Å². The van der Waals surface area contributed by atoms with Gasteiger partial charge in [-0.1, -0.05) is 48.5 Å². The summed E-state index contributed by atoms with van der Waals surface area (Å²) >= 11 is 0. The molecule has 0 aliphatic carbocycles. The smallest absolute Gasteiger partial charge is 0.123 e. The number of methoxy groups -OCH3 is 2. The molecule has 0 saturated heterocycles. The Hall–Kier alpha value is -2.94. The zero-order valence-electron chi connectivity index (χ0n) is 14.0. The predicted molar refractivity (Wildman–Crippen MR) is 98.8 cm³/mol. The van der Waals surface area contributed by atoms with Gasteiger partial charge in [0.15, 0.2) is 0 Å². The zero-order chi connectivity index (χ0) is 16.8. The summed E-state index contributed by atoms with van der Waals surface area (Å²) in [5.41, 5.74) is 4.46. The van der Waals surface area contributed by atoms with Crippen LogP contribution in [0.5, 0.6) is 11.5 Å². The first-order valence-corrected chi connectivity index (χ1v) is 7.91. The third-order valence-electron chi connectivity index (χ3n) is 3.97. The number of hydrogen-bond donors (Lipinski definition) is 1. The molecule has 0 radical (unpaired) electrons. The van der Waals surface area contributed by atoms with E-state index in [9.17, 15) is 0 Å². The molecule has 1 N–H and O–H groups in total. The first kappa shape index (κ1) is 15.9. The van der Waals surface area contributed by atoms with Crippen LogP contribution in [0.15, 0.2) is 72.8 Å². The molecule has 3 heteroatoms. The first-order valence-electron chi connectivity index (χ1n) is 7.91. The molecule has 0 spiro atoms. The van der Waals surface area contributed by atoms with E-state index >= 15 is 0 Å². The summed E-state index contributed by atoms with van der Waals surface area (Å²) < 4.78 is 10.8. The van der Waals surface area contributed by atoms with Gasteiger partial charge in [-0.15, -0.1) is 0 Å². The maximum atomic E-state index is 5.43. The van der Waals surface area contributed by atoms with Crippen molar-refractivity contribution in [1.82, 2.24) is 0 Å². The quantitative estimate of drug-likeness (QED) is 0.695. The molecule has 3 nitrogen and oxygen atoms in total. The monoisotopic (exact) mass is 319 g/mol. The zero-order valence-corrected chi connectivity index (χ0v) is 14.0. The molecular weight excluding hydrogens is 298 g/mol. The summed E-state index contributed by atoms with van der Waals surface area (Å²) in [6, 6.07) is 24.4. The molecule has 0 aliphatic rings. The Morgan fingerprint density at radius 1 is 0.792 bits per heavy atom. The lowest BCUT2D eigenvalue weighted by Crippen LogP contribution is -2.03. The highest BCUT2D eigenvalue weighted by Crippen LogP contribution is 2.32. The topological polar surface area (TPSA) is 30.5 Å². The number of ether oxygens (including phenoxy) is 2. The number of benzene rings is 3. The van der Waals surface area contributed by atoms with E-state index in [0.29, 0.717) is 6.54 Å². The minimum absolute atomic E-state index is 0.678. The molecule has 24 heavy (non-hydrogen) atoms. The molecule has 0 saturated carbocycles. The Morgan fingerprint density at radius 2 is 1.54 bits per heavy atom. The van der Waals surface area contributed by atoms with Crippen LogP contribution < -0.4 is 14.8 Å². The second kappa shape index (κ2) is 7.55. The average Bonchev–Trinajstić information content (AvgIpc) is 2.67. The van der Waals surface area contributed by atoms with Crippen molar-refractivity contribution < 1.29 is 9.47 Å². The van der Waals surface area contributed by atoms with Crippen LogP contribution in [0.3, 0.4) is 0 Å². The summed E-state index contributed by atoms with van der Waals surface area (Å²) in [5, 5.41) is 3.52. The summed E-state index contributed by atoms with van der Waals surface area (Å²) in [7, 11) is 3.38. The summed E-state index contributed by atoms with van der Waals surface area (Å²) in [5.74, 6) is 1.71. The highest BCUT2D eigenvalue weighted by molar-refractivity contribution is 5.79. The highest BCUT2D eigenvalue weighted by Gasteiger charge is 2.08. The number of anilines is 1. The molecule has 0 atom stereocenters. The van der Waals surface area contributed by atoms with Crippen molar-refractivity contribution in [3.8, 4) is 22.6 Å². The largest absolute Gasteiger partial charge is 0.497 e. The molecule has 0 aromatic heterocycles. The minimum atomic E-state index is 0.678. The molecule has 0 heterocycles. The van der Waals surface area contributed by atoms with Crippen molar-refractivity contribution in [3.63, 3.8) is 0 Å². The molecule has 122 valence electrons. The fraction of sp³-hybridized carbons (Fsp3) is 0.143.